The highest BCUT2D eigenvalue weighted by Crippen LogP contribution is 2.31. The summed E-state index contributed by atoms with van der Waals surface area (Å²) in [6, 6.07) is 0. The van der Waals surface area contributed by atoms with E-state index in [2.05, 4.69) is 19.2 Å². The van der Waals surface area contributed by atoms with Crippen molar-refractivity contribution in [2.24, 2.45) is 0 Å². The van der Waals surface area contributed by atoms with Gasteiger partial charge in [0.2, 0.25) is 0 Å². The minimum atomic E-state index is -0.778. The van der Waals surface area contributed by atoms with Crippen molar-refractivity contribution in [1.82, 2.24) is 5.32 Å². The van der Waals surface area contributed by atoms with Crippen molar-refractivity contribution in [3.63, 3.8) is 0 Å². The Morgan fingerprint density at radius 3 is 2.76 bits per heavy atom. The van der Waals surface area contributed by atoms with Gasteiger partial charge in [0.05, 0.1) is 12.2 Å². The number of nitrogens with one attached hydrogen (secondary N) is 1. The molecule has 1 saturated carbocycles. The summed E-state index contributed by atoms with van der Waals surface area (Å²) in [5, 5.41) is 12.7. The molecular weight excluding hydrogens is 266 g/mol. The number of likely N-dealkylation sites (N-methyl/N-ethyl adjacent to an activating group) is 1. The largest absolute Gasteiger partial charge is 0.480 e. The van der Waals surface area contributed by atoms with Crippen molar-refractivity contribution in [2.45, 2.75) is 96.3 Å². The van der Waals surface area contributed by atoms with Crippen LogP contribution in [-0.4, -0.2) is 35.4 Å². The lowest BCUT2D eigenvalue weighted by Gasteiger charge is -2.39. The number of rotatable bonds is 10. The van der Waals surface area contributed by atoms with E-state index in [1.807, 2.05) is 6.92 Å². The van der Waals surface area contributed by atoms with Crippen molar-refractivity contribution in [3.05, 3.63) is 0 Å². The summed E-state index contributed by atoms with van der Waals surface area (Å²) in [5.74, 6) is -0.728. The third kappa shape index (κ3) is 5.95. The topological polar surface area (TPSA) is 58.6 Å². The van der Waals surface area contributed by atoms with Crippen molar-refractivity contribution < 1.29 is 14.6 Å². The summed E-state index contributed by atoms with van der Waals surface area (Å²) in [6.45, 7) is 6.99. The molecule has 4 nitrogen and oxygen atoms in total. The van der Waals surface area contributed by atoms with Crippen molar-refractivity contribution >= 4 is 5.97 Å². The van der Waals surface area contributed by atoms with E-state index in [4.69, 9.17) is 4.74 Å². The van der Waals surface area contributed by atoms with Crippen LogP contribution in [0.5, 0.6) is 0 Å². The molecule has 21 heavy (non-hydrogen) atoms. The van der Waals surface area contributed by atoms with E-state index in [0.29, 0.717) is 19.4 Å². The molecule has 124 valence electrons. The van der Waals surface area contributed by atoms with Crippen LogP contribution in [0, 0.1) is 0 Å². The summed E-state index contributed by atoms with van der Waals surface area (Å²) in [6.07, 6.45) is 9.62. The number of hydrogen-bond acceptors (Lipinski definition) is 3. The number of carbonyl (C=O) groups is 1. The smallest absolute Gasteiger partial charge is 0.323 e. The van der Waals surface area contributed by atoms with Gasteiger partial charge in [-0.05, 0) is 39.2 Å². The van der Waals surface area contributed by atoms with E-state index in [0.717, 1.165) is 19.3 Å². The van der Waals surface area contributed by atoms with Gasteiger partial charge in [-0.1, -0.05) is 39.5 Å². The molecule has 2 N–H and O–H groups in total. The molecule has 0 heterocycles. The molecular formula is C17H33NO3. The van der Waals surface area contributed by atoms with Gasteiger partial charge in [0.25, 0.3) is 0 Å². The van der Waals surface area contributed by atoms with E-state index in [1.165, 1.54) is 25.7 Å². The highest BCUT2D eigenvalue weighted by Gasteiger charge is 2.42. The quantitative estimate of drug-likeness (QED) is 0.603. The van der Waals surface area contributed by atoms with Crippen LogP contribution in [0.25, 0.3) is 0 Å². The molecule has 1 aliphatic carbocycles. The summed E-state index contributed by atoms with van der Waals surface area (Å²) >= 11 is 0. The zero-order chi connectivity index (χ0) is 15.7. The maximum absolute atomic E-state index is 11.6. The fourth-order valence-electron chi connectivity index (χ4n) is 3.36. The molecule has 0 spiro atoms. The van der Waals surface area contributed by atoms with E-state index >= 15 is 0 Å². The lowest BCUT2D eigenvalue weighted by molar-refractivity contribution is -0.150. The van der Waals surface area contributed by atoms with E-state index in [1.54, 1.807) is 0 Å². The van der Waals surface area contributed by atoms with E-state index < -0.39 is 11.5 Å². The molecule has 0 amide bonds. The Balaban J connectivity index is 2.42. The van der Waals surface area contributed by atoms with Crippen LogP contribution in [0.4, 0.5) is 0 Å². The third-order valence-electron chi connectivity index (χ3n) is 4.52. The normalized spacial score (nSPS) is 27.5. The van der Waals surface area contributed by atoms with Gasteiger partial charge < -0.3 is 15.2 Å². The zero-order valence-electron chi connectivity index (χ0n) is 14.0. The van der Waals surface area contributed by atoms with Gasteiger partial charge >= 0.3 is 5.97 Å². The Morgan fingerprint density at radius 1 is 1.38 bits per heavy atom. The van der Waals surface area contributed by atoms with Crippen LogP contribution in [0.15, 0.2) is 0 Å². The Labute approximate surface area is 129 Å². The first-order valence-electron chi connectivity index (χ1n) is 8.68. The van der Waals surface area contributed by atoms with Crippen LogP contribution in [-0.2, 0) is 9.53 Å². The minimum Gasteiger partial charge on any atom is -0.480 e. The van der Waals surface area contributed by atoms with Gasteiger partial charge in [-0.15, -0.1) is 0 Å². The minimum absolute atomic E-state index is 0.0788. The number of hydrogen-bond donors (Lipinski definition) is 2. The van der Waals surface area contributed by atoms with Gasteiger partial charge in [-0.3, -0.25) is 4.79 Å². The summed E-state index contributed by atoms with van der Waals surface area (Å²) in [4.78, 5) is 11.6. The average molecular weight is 299 g/mol. The highest BCUT2D eigenvalue weighted by atomic mass is 16.5. The number of aliphatic carboxylic acids is 1. The molecule has 3 unspecified atom stereocenters. The van der Waals surface area contributed by atoms with Crippen molar-refractivity contribution in [3.8, 4) is 0 Å². The lowest BCUT2D eigenvalue weighted by atomic mass is 9.80. The van der Waals surface area contributed by atoms with Crippen LogP contribution >= 0.6 is 0 Å². The predicted octanol–water partition coefficient (Wildman–Crippen LogP) is 3.74. The highest BCUT2D eigenvalue weighted by molar-refractivity contribution is 5.79. The molecule has 3 atom stereocenters. The maximum Gasteiger partial charge on any atom is 0.323 e. The first kappa shape index (κ1) is 18.4. The third-order valence-corrected chi connectivity index (χ3v) is 4.52. The van der Waals surface area contributed by atoms with Crippen LogP contribution in [0.2, 0.25) is 0 Å². The molecule has 0 aromatic carbocycles. The Kier molecular flexibility index (Phi) is 8.27. The molecule has 1 aliphatic rings. The Bertz CT molecular complexity index is 304. The SMILES string of the molecule is CCCCCCC(C)OC1CCCC(NCC)(C(=O)O)C1. The molecule has 1 rings (SSSR count). The molecule has 0 bridgehead atoms. The molecule has 0 radical (unpaired) electrons. The van der Waals surface area contributed by atoms with E-state index in [9.17, 15) is 9.90 Å². The second kappa shape index (κ2) is 9.42. The first-order valence-corrected chi connectivity index (χ1v) is 8.68. The summed E-state index contributed by atoms with van der Waals surface area (Å²) in [7, 11) is 0. The van der Waals surface area contributed by atoms with Gasteiger partial charge in [-0.25, -0.2) is 0 Å². The number of carboxylic acid groups (broad SMARTS) is 1. The van der Waals surface area contributed by atoms with Crippen molar-refractivity contribution in [1.29, 1.82) is 0 Å². The number of ether oxygens (including phenoxy) is 1. The first-order chi connectivity index (χ1) is 10.0. The zero-order valence-corrected chi connectivity index (χ0v) is 14.0. The molecule has 0 aromatic rings. The summed E-state index contributed by atoms with van der Waals surface area (Å²) < 4.78 is 6.12. The van der Waals surface area contributed by atoms with Gasteiger partial charge in [0.15, 0.2) is 0 Å². The predicted molar refractivity (Wildman–Crippen MR) is 85.6 cm³/mol. The van der Waals surface area contributed by atoms with Gasteiger partial charge in [-0.2, -0.15) is 0 Å². The van der Waals surface area contributed by atoms with E-state index in [-0.39, 0.29) is 12.2 Å². The second-order valence-electron chi connectivity index (χ2n) is 6.43. The monoisotopic (exact) mass is 299 g/mol. The van der Waals surface area contributed by atoms with Crippen LogP contribution in [0.3, 0.4) is 0 Å². The Morgan fingerprint density at radius 2 is 2.14 bits per heavy atom. The van der Waals surface area contributed by atoms with Crippen molar-refractivity contribution in [2.75, 3.05) is 6.54 Å². The lowest BCUT2D eigenvalue weighted by Crippen LogP contribution is -2.56. The fourth-order valence-corrected chi connectivity index (χ4v) is 3.36. The molecule has 0 saturated heterocycles. The van der Waals surface area contributed by atoms with Gasteiger partial charge in [0, 0.05) is 6.42 Å². The standard InChI is InChI=1S/C17H33NO3/c1-4-6-7-8-10-14(3)21-15-11-9-12-17(13-15,16(19)20)18-5-2/h14-15,18H,4-13H2,1-3H3,(H,19,20). The number of unbranched alkanes of at least 4 members (excludes halogenated alkanes) is 3. The van der Waals surface area contributed by atoms with Crippen LogP contribution < -0.4 is 5.32 Å². The molecule has 0 aliphatic heterocycles. The second-order valence-corrected chi connectivity index (χ2v) is 6.43. The number of carboxylic acids is 1. The van der Waals surface area contributed by atoms with Crippen LogP contribution in [0.1, 0.15) is 78.6 Å². The summed E-state index contributed by atoms with van der Waals surface area (Å²) in [5.41, 5.74) is -0.778. The molecule has 1 fully saturated rings. The van der Waals surface area contributed by atoms with Gasteiger partial charge in [0.1, 0.15) is 5.54 Å². The maximum atomic E-state index is 11.6. The molecule has 4 heteroatoms. The fraction of sp³-hybridized carbons (Fsp3) is 0.941. The Hall–Kier alpha value is -0.610. The molecule has 0 aromatic heterocycles. The average Bonchev–Trinajstić information content (AvgIpc) is 2.44.